The molecule has 7 heteroatoms. The molecule has 148 valence electrons. The smallest absolute Gasteiger partial charge is 0.331 e. The van der Waals surface area contributed by atoms with Crippen LogP contribution in [0, 0.1) is 5.82 Å². The number of fused-ring (bicyclic) bond motifs is 1. The number of aryl methyl sites for hydroxylation is 1. The third-order valence-corrected chi connectivity index (χ3v) is 5.97. The van der Waals surface area contributed by atoms with Gasteiger partial charge in [-0.15, -0.1) is 0 Å². The van der Waals surface area contributed by atoms with Gasteiger partial charge in [0.2, 0.25) is 0 Å². The van der Waals surface area contributed by atoms with Crippen molar-refractivity contribution in [3.63, 3.8) is 0 Å². The Kier molecular flexibility index (Phi) is 4.91. The molecule has 2 heterocycles. The molecule has 4 amide bonds. The molecule has 1 atom stereocenters. The highest BCUT2D eigenvalue weighted by Gasteiger charge is 2.41. The lowest BCUT2D eigenvalue weighted by atomic mass is 9.93. The fourth-order valence-corrected chi connectivity index (χ4v) is 4.41. The van der Waals surface area contributed by atoms with Crippen molar-refractivity contribution in [3.05, 3.63) is 41.4 Å². The van der Waals surface area contributed by atoms with Crippen LogP contribution >= 0.6 is 0 Å². The predicted molar refractivity (Wildman–Crippen MR) is 102 cm³/mol. The van der Waals surface area contributed by atoms with Crippen LogP contribution in [0.4, 0.5) is 14.9 Å². The van der Waals surface area contributed by atoms with E-state index in [2.05, 4.69) is 5.32 Å². The molecule has 1 saturated heterocycles. The molecular formula is C21H24FN3O3. The molecule has 0 radical (unpaired) electrons. The van der Waals surface area contributed by atoms with Crippen molar-refractivity contribution in [1.29, 1.82) is 0 Å². The van der Waals surface area contributed by atoms with Gasteiger partial charge in [0.05, 0.1) is 0 Å². The maximum absolute atomic E-state index is 13.6. The molecule has 2 aliphatic heterocycles. The zero-order chi connectivity index (χ0) is 19.8. The Morgan fingerprint density at radius 1 is 1.11 bits per heavy atom. The van der Waals surface area contributed by atoms with Crippen LogP contribution in [0.15, 0.2) is 30.0 Å². The van der Waals surface area contributed by atoms with Gasteiger partial charge in [0.25, 0.3) is 11.8 Å². The summed E-state index contributed by atoms with van der Waals surface area (Å²) < 4.78 is 13.6. The Hall–Kier alpha value is -2.70. The van der Waals surface area contributed by atoms with Crippen molar-refractivity contribution in [1.82, 2.24) is 10.2 Å². The van der Waals surface area contributed by atoms with Crippen LogP contribution < -0.4 is 10.2 Å². The fourth-order valence-electron chi connectivity index (χ4n) is 4.41. The Bertz CT molecular complexity index is 860. The number of amides is 4. The average molecular weight is 385 g/mol. The topological polar surface area (TPSA) is 69.7 Å². The normalized spacial score (nSPS) is 25.1. The van der Waals surface area contributed by atoms with Crippen LogP contribution in [-0.4, -0.2) is 34.8 Å². The summed E-state index contributed by atoms with van der Waals surface area (Å²) in [5.41, 5.74) is 1.59. The molecule has 1 unspecified atom stereocenters. The molecule has 1 aliphatic carbocycles. The van der Waals surface area contributed by atoms with Crippen molar-refractivity contribution in [2.45, 2.75) is 64.0 Å². The molecule has 1 saturated carbocycles. The quantitative estimate of drug-likeness (QED) is 0.627. The molecule has 4 rings (SSSR count). The molecular weight excluding hydrogens is 361 g/mol. The Labute approximate surface area is 163 Å². The zero-order valence-corrected chi connectivity index (χ0v) is 15.9. The van der Waals surface area contributed by atoms with Gasteiger partial charge >= 0.3 is 6.03 Å². The summed E-state index contributed by atoms with van der Waals surface area (Å²) in [6.45, 7) is 2.00. The van der Waals surface area contributed by atoms with E-state index in [-0.39, 0.29) is 23.5 Å². The highest BCUT2D eigenvalue weighted by Crippen LogP contribution is 2.33. The van der Waals surface area contributed by atoms with Crippen molar-refractivity contribution >= 4 is 23.5 Å². The molecule has 1 N–H and O–H groups in total. The van der Waals surface area contributed by atoms with E-state index in [1.165, 1.54) is 23.2 Å². The van der Waals surface area contributed by atoms with E-state index in [1.54, 1.807) is 6.07 Å². The summed E-state index contributed by atoms with van der Waals surface area (Å²) in [5.74, 6) is -1.52. The van der Waals surface area contributed by atoms with E-state index in [0.29, 0.717) is 0 Å². The summed E-state index contributed by atoms with van der Waals surface area (Å²) >= 11 is 0. The Morgan fingerprint density at radius 3 is 2.61 bits per heavy atom. The van der Waals surface area contributed by atoms with Crippen molar-refractivity contribution in [2.75, 3.05) is 4.90 Å². The fraction of sp³-hybridized carbons (Fsp3) is 0.476. The molecule has 0 aromatic heterocycles. The molecule has 2 fully saturated rings. The molecule has 3 aliphatic rings. The minimum atomic E-state index is -0.677. The van der Waals surface area contributed by atoms with Crippen LogP contribution in [-0.2, 0) is 16.0 Å². The van der Waals surface area contributed by atoms with Gasteiger partial charge in [-0.2, -0.15) is 0 Å². The monoisotopic (exact) mass is 385 g/mol. The summed E-state index contributed by atoms with van der Waals surface area (Å²) in [6, 6.07) is 3.79. The lowest BCUT2D eigenvalue weighted by Crippen LogP contribution is -2.58. The van der Waals surface area contributed by atoms with Crippen LogP contribution in [0.2, 0.25) is 0 Å². The summed E-state index contributed by atoms with van der Waals surface area (Å²) in [5, 5.41) is 2.32. The molecule has 0 spiro atoms. The summed E-state index contributed by atoms with van der Waals surface area (Å²) in [6.07, 6.45) is 7.61. The maximum Gasteiger partial charge on any atom is 0.331 e. The molecule has 1 aromatic rings. The van der Waals surface area contributed by atoms with Crippen LogP contribution in [0.25, 0.3) is 0 Å². The third-order valence-electron chi connectivity index (χ3n) is 5.97. The first kappa shape index (κ1) is 18.7. The number of barbiturate groups is 1. The molecule has 6 nitrogen and oxygen atoms in total. The average Bonchev–Trinajstić information content (AvgIpc) is 2.67. The Balaban J connectivity index is 1.69. The number of hydrogen-bond acceptors (Lipinski definition) is 4. The van der Waals surface area contributed by atoms with Crippen LogP contribution in [0.3, 0.4) is 0 Å². The number of imide groups is 2. The number of nitrogens with one attached hydrogen (secondary N) is 1. The van der Waals surface area contributed by atoms with E-state index in [0.717, 1.165) is 56.2 Å². The van der Waals surface area contributed by atoms with Crippen molar-refractivity contribution < 1.29 is 18.8 Å². The van der Waals surface area contributed by atoms with E-state index in [1.807, 2.05) is 11.8 Å². The van der Waals surface area contributed by atoms with Gasteiger partial charge in [-0.3, -0.25) is 19.8 Å². The van der Waals surface area contributed by atoms with E-state index in [9.17, 15) is 18.8 Å². The number of hydrogen-bond donors (Lipinski definition) is 1. The SMILES string of the molecule is CC1CCc2cc(F)ccc2N1/C=C1/C(=O)NC(=O)N(C2CCCCC2)C1=O. The number of carbonyl (C=O) groups is 3. The predicted octanol–water partition coefficient (Wildman–Crippen LogP) is 3.26. The minimum Gasteiger partial charge on any atom is -0.344 e. The summed E-state index contributed by atoms with van der Waals surface area (Å²) in [4.78, 5) is 40.9. The third kappa shape index (κ3) is 3.30. The van der Waals surface area contributed by atoms with Gasteiger partial charge in [0.15, 0.2) is 0 Å². The zero-order valence-electron chi connectivity index (χ0n) is 15.9. The van der Waals surface area contributed by atoms with Crippen molar-refractivity contribution in [2.24, 2.45) is 0 Å². The second-order valence-corrected chi connectivity index (χ2v) is 7.84. The van der Waals surface area contributed by atoms with Gasteiger partial charge in [0.1, 0.15) is 11.4 Å². The first-order chi connectivity index (χ1) is 13.5. The standard InChI is InChI=1S/C21H24FN3O3/c1-13-7-8-14-11-15(22)9-10-18(14)24(13)12-17-19(26)23-21(28)25(20(17)27)16-5-3-2-4-6-16/h9-13,16H,2-8H2,1H3,(H,23,26,28)/b17-12-. The number of urea groups is 1. The van der Waals surface area contributed by atoms with Gasteiger partial charge in [0, 0.05) is 24.0 Å². The second kappa shape index (κ2) is 7.37. The first-order valence-corrected chi connectivity index (χ1v) is 9.93. The molecule has 0 bridgehead atoms. The van der Waals surface area contributed by atoms with E-state index in [4.69, 9.17) is 0 Å². The second-order valence-electron chi connectivity index (χ2n) is 7.84. The number of rotatable bonds is 2. The lowest BCUT2D eigenvalue weighted by molar-refractivity contribution is -0.132. The van der Waals surface area contributed by atoms with Crippen LogP contribution in [0.5, 0.6) is 0 Å². The Morgan fingerprint density at radius 2 is 1.86 bits per heavy atom. The van der Waals surface area contributed by atoms with Crippen molar-refractivity contribution in [3.8, 4) is 0 Å². The van der Waals surface area contributed by atoms with Gasteiger partial charge in [-0.05, 0) is 56.4 Å². The van der Waals surface area contributed by atoms with E-state index < -0.39 is 17.8 Å². The maximum atomic E-state index is 13.6. The largest absolute Gasteiger partial charge is 0.344 e. The number of benzene rings is 1. The van der Waals surface area contributed by atoms with Gasteiger partial charge in [-0.1, -0.05) is 19.3 Å². The molecule has 28 heavy (non-hydrogen) atoms. The van der Waals surface area contributed by atoms with Crippen LogP contribution in [0.1, 0.15) is 51.0 Å². The van der Waals surface area contributed by atoms with Gasteiger partial charge < -0.3 is 4.90 Å². The molecule has 1 aromatic carbocycles. The number of halogens is 1. The first-order valence-electron chi connectivity index (χ1n) is 9.93. The number of carbonyl (C=O) groups excluding carboxylic acids is 3. The number of nitrogens with zero attached hydrogens (tertiary/aromatic N) is 2. The number of anilines is 1. The highest BCUT2D eigenvalue weighted by atomic mass is 19.1. The lowest BCUT2D eigenvalue weighted by Gasteiger charge is -2.38. The summed E-state index contributed by atoms with van der Waals surface area (Å²) in [7, 11) is 0. The minimum absolute atomic E-state index is 0.0470. The van der Waals surface area contributed by atoms with E-state index >= 15 is 0 Å². The van der Waals surface area contributed by atoms with Gasteiger partial charge in [-0.25, -0.2) is 9.18 Å². The highest BCUT2D eigenvalue weighted by molar-refractivity contribution is 6.29.